The van der Waals surface area contributed by atoms with Gasteiger partial charge in [-0.2, -0.15) is 0 Å². The zero-order chi connectivity index (χ0) is 26.3. The Balaban J connectivity index is 1.76. The van der Waals surface area contributed by atoms with Crippen LogP contribution in [0.1, 0.15) is 40.3 Å². The molecule has 3 N–H and O–H groups in total. The molecule has 1 aliphatic heterocycles. The fraction of sp³-hybridized carbons (Fsp3) is 0.185. The first-order valence-electron chi connectivity index (χ1n) is 11.7. The summed E-state index contributed by atoms with van der Waals surface area (Å²) in [5, 5.41) is 15.9. The minimum absolute atomic E-state index is 0.00907. The van der Waals surface area contributed by atoms with E-state index in [9.17, 15) is 18.3 Å². The summed E-state index contributed by atoms with van der Waals surface area (Å²) in [7, 11) is -3.86. The molecule has 0 aliphatic carbocycles. The van der Waals surface area contributed by atoms with Gasteiger partial charge in [0.25, 0.3) is 0 Å². The minimum atomic E-state index is -3.86. The van der Waals surface area contributed by atoms with Crippen LogP contribution in [-0.2, 0) is 10.0 Å². The molecule has 5 rings (SSSR count). The number of hydrogen-bond donors (Lipinski definition) is 2. The molecule has 10 heteroatoms. The van der Waals surface area contributed by atoms with Crippen molar-refractivity contribution in [1.82, 2.24) is 4.98 Å². The number of aromatic nitrogens is 1. The van der Waals surface area contributed by atoms with Gasteiger partial charge in [-0.15, -0.1) is 11.3 Å². The largest absolute Gasteiger partial charge is 0.488 e. The fourth-order valence-corrected chi connectivity index (χ4v) is 6.24. The van der Waals surface area contributed by atoms with Gasteiger partial charge in [0.1, 0.15) is 17.4 Å². The number of carbonyl (C=O) groups is 1. The van der Waals surface area contributed by atoms with E-state index in [1.807, 2.05) is 24.3 Å². The molecule has 2 heterocycles. The predicted octanol–water partition coefficient (Wildman–Crippen LogP) is 4.84. The number of fused-ring (bicyclic) bond motifs is 2. The maximum absolute atomic E-state index is 12.2. The first-order chi connectivity index (χ1) is 17.7. The Morgan fingerprint density at radius 3 is 2.54 bits per heavy atom. The molecule has 0 atom stereocenters. The van der Waals surface area contributed by atoms with E-state index in [2.05, 4.69) is 18.7 Å². The van der Waals surface area contributed by atoms with E-state index >= 15 is 0 Å². The van der Waals surface area contributed by atoms with Crippen molar-refractivity contribution in [3.63, 3.8) is 0 Å². The lowest BCUT2D eigenvalue weighted by atomic mass is 9.88. The van der Waals surface area contributed by atoms with Gasteiger partial charge in [0.2, 0.25) is 10.0 Å². The van der Waals surface area contributed by atoms with Crippen molar-refractivity contribution in [3.8, 4) is 5.75 Å². The normalized spacial score (nSPS) is 13.4. The Bertz CT molecular complexity index is 1670. The summed E-state index contributed by atoms with van der Waals surface area (Å²) >= 11 is 1.31. The standard InChI is InChI=1S/C27H25N3O5S2/c1-3-30(4-2)16-9-11-20-23(13-16)35-15-21(25(20)18-7-5-6-8-19(18)27(31)32)26-29-22-12-10-17(37(28,33)34)14-24(22)36-26/h5-14H,3-4,15H2,1-2H3,(H,31,32)(H2,28,33,34). The first-order valence-corrected chi connectivity index (χ1v) is 14.1. The third-order valence-electron chi connectivity index (χ3n) is 6.41. The summed E-state index contributed by atoms with van der Waals surface area (Å²) < 4.78 is 30.6. The average Bonchev–Trinajstić information content (AvgIpc) is 3.31. The quantitative estimate of drug-likeness (QED) is 0.347. The van der Waals surface area contributed by atoms with Crippen LogP contribution in [0.2, 0.25) is 0 Å². The number of aromatic carboxylic acids is 1. The second-order valence-corrected chi connectivity index (χ2v) is 11.1. The second kappa shape index (κ2) is 9.62. The van der Waals surface area contributed by atoms with Gasteiger partial charge in [-0.3, -0.25) is 0 Å². The third-order valence-corrected chi connectivity index (χ3v) is 8.40. The van der Waals surface area contributed by atoms with Crippen molar-refractivity contribution in [3.05, 3.63) is 82.4 Å². The Labute approximate surface area is 218 Å². The lowest BCUT2D eigenvalue weighted by Crippen LogP contribution is -2.22. The molecule has 1 aromatic heterocycles. The van der Waals surface area contributed by atoms with Gasteiger partial charge in [-0.25, -0.2) is 23.3 Å². The zero-order valence-corrected chi connectivity index (χ0v) is 21.9. The molecule has 0 saturated heterocycles. The number of thiazole rings is 1. The van der Waals surface area contributed by atoms with E-state index in [4.69, 9.17) is 14.9 Å². The maximum Gasteiger partial charge on any atom is 0.336 e. The number of benzene rings is 3. The second-order valence-electron chi connectivity index (χ2n) is 8.54. The third kappa shape index (κ3) is 4.59. The highest BCUT2D eigenvalue weighted by molar-refractivity contribution is 7.89. The SMILES string of the molecule is CCN(CC)c1ccc2c(c1)OCC(c1nc3ccc(S(N)(=O)=O)cc3s1)=C2c1ccccc1C(=O)O. The van der Waals surface area contributed by atoms with Gasteiger partial charge in [0, 0.05) is 41.6 Å². The smallest absolute Gasteiger partial charge is 0.336 e. The van der Waals surface area contributed by atoms with E-state index in [-0.39, 0.29) is 17.1 Å². The number of anilines is 1. The molecule has 0 fully saturated rings. The van der Waals surface area contributed by atoms with Crippen molar-refractivity contribution in [2.24, 2.45) is 5.14 Å². The molecule has 37 heavy (non-hydrogen) atoms. The van der Waals surface area contributed by atoms with Crippen molar-refractivity contribution >= 4 is 54.4 Å². The van der Waals surface area contributed by atoms with Crippen LogP contribution >= 0.6 is 11.3 Å². The molecule has 0 amide bonds. The molecule has 4 aromatic rings. The van der Waals surface area contributed by atoms with E-state index in [0.717, 1.165) is 35.5 Å². The maximum atomic E-state index is 12.2. The van der Waals surface area contributed by atoms with E-state index < -0.39 is 16.0 Å². The lowest BCUT2D eigenvalue weighted by Gasteiger charge is -2.27. The summed E-state index contributed by atoms with van der Waals surface area (Å²) in [5.74, 6) is -0.363. The fourth-order valence-electron chi connectivity index (χ4n) is 4.58. The van der Waals surface area contributed by atoms with Gasteiger partial charge >= 0.3 is 5.97 Å². The number of nitrogens with two attached hydrogens (primary N) is 1. The van der Waals surface area contributed by atoms with Crippen LogP contribution in [-0.4, -0.2) is 44.2 Å². The monoisotopic (exact) mass is 535 g/mol. The number of carboxylic acids is 1. The summed E-state index contributed by atoms with van der Waals surface area (Å²) in [6, 6.07) is 17.4. The Hall–Kier alpha value is -3.73. The van der Waals surface area contributed by atoms with Gasteiger partial charge in [0.15, 0.2) is 0 Å². The van der Waals surface area contributed by atoms with Crippen LogP contribution in [0, 0.1) is 0 Å². The molecule has 0 spiro atoms. The van der Waals surface area contributed by atoms with Gasteiger partial charge in [-0.1, -0.05) is 18.2 Å². The Morgan fingerprint density at radius 1 is 1.08 bits per heavy atom. The average molecular weight is 536 g/mol. The zero-order valence-electron chi connectivity index (χ0n) is 20.3. The molecular formula is C27H25N3O5S2. The predicted molar refractivity (Wildman–Crippen MR) is 146 cm³/mol. The first kappa shape index (κ1) is 24.9. The highest BCUT2D eigenvalue weighted by atomic mass is 32.2. The van der Waals surface area contributed by atoms with Crippen LogP contribution in [0.25, 0.3) is 21.4 Å². The minimum Gasteiger partial charge on any atom is -0.488 e. The summed E-state index contributed by atoms with van der Waals surface area (Å²) in [5.41, 5.74) is 4.62. The van der Waals surface area contributed by atoms with E-state index in [0.29, 0.717) is 26.5 Å². The van der Waals surface area contributed by atoms with Crippen LogP contribution in [0.15, 0.2) is 65.6 Å². The van der Waals surface area contributed by atoms with Crippen molar-refractivity contribution in [1.29, 1.82) is 0 Å². The molecule has 0 radical (unpaired) electrons. The molecule has 0 saturated carbocycles. The van der Waals surface area contributed by atoms with E-state index in [1.54, 1.807) is 24.3 Å². The highest BCUT2D eigenvalue weighted by Crippen LogP contribution is 2.44. The Kier molecular flexibility index (Phi) is 6.49. The molecule has 190 valence electrons. The number of ether oxygens (including phenoxy) is 1. The van der Waals surface area contributed by atoms with Crippen LogP contribution in [0.3, 0.4) is 0 Å². The summed E-state index contributed by atoms with van der Waals surface area (Å²) in [4.78, 5) is 19.1. The summed E-state index contributed by atoms with van der Waals surface area (Å²) in [6.45, 7) is 6.05. The number of sulfonamides is 1. The number of rotatable bonds is 7. The number of primary sulfonamides is 1. The number of hydrogen-bond acceptors (Lipinski definition) is 7. The van der Waals surface area contributed by atoms with Crippen LogP contribution < -0.4 is 14.8 Å². The lowest BCUT2D eigenvalue weighted by molar-refractivity contribution is 0.0696. The van der Waals surface area contributed by atoms with Crippen molar-refractivity contribution in [2.75, 3.05) is 24.6 Å². The molecular weight excluding hydrogens is 510 g/mol. The highest BCUT2D eigenvalue weighted by Gasteiger charge is 2.28. The van der Waals surface area contributed by atoms with E-state index in [1.165, 1.54) is 23.5 Å². The molecule has 3 aromatic carbocycles. The number of carboxylic acid groups (broad SMARTS) is 1. The van der Waals surface area contributed by atoms with Crippen LogP contribution in [0.5, 0.6) is 5.75 Å². The van der Waals surface area contributed by atoms with Gasteiger partial charge in [-0.05, 0) is 55.8 Å². The van der Waals surface area contributed by atoms with Gasteiger partial charge in [0.05, 0.1) is 20.7 Å². The van der Waals surface area contributed by atoms with Crippen molar-refractivity contribution in [2.45, 2.75) is 18.7 Å². The molecule has 8 nitrogen and oxygen atoms in total. The topological polar surface area (TPSA) is 123 Å². The van der Waals surface area contributed by atoms with Crippen molar-refractivity contribution < 1.29 is 23.1 Å². The molecule has 1 aliphatic rings. The van der Waals surface area contributed by atoms with Crippen LogP contribution in [0.4, 0.5) is 5.69 Å². The molecule has 0 bridgehead atoms. The summed E-state index contributed by atoms with van der Waals surface area (Å²) in [6.07, 6.45) is 0. The number of nitrogens with zero attached hydrogens (tertiary/aromatic N) is 2. The van der Waals surface area contributed by atoms with Gasteiger partial charge < -0.3 is 14.7 Å². The molecule has 0 unspecified atom stereocenters. The Morgan fingerprint density at radius 2 is 1.84 bits per heavy atom.